The smallest absolute Gasteiger partial charge is 0.191 e. The van der Waals surface area contributed by atoms with E-state index in [-0.39, 0.29) is 24.0 Å². The predicted molar refractivity (Wildman–Crippen MR) is 120 cm³/mol. The van der Waals surface area contributed by atoms with E-state index < -0.39 is 0 Å². The molecule has 0 aliphatic carbocycles. The lowest BCUT2D eigenvalue weighted by atomic mass is 10.0. The van der Waals surface area contributed by atoms with Gasteiger partial charge in [0, 0.05) is 37.4 Å². The van der Waals surface area contributed by atoms with E-state index in [1.807, 2.05) is 6.92 Å². The van der Waals surface area contributed by atoms with Crippen LogP contribution in [0, 0.1) is 13.8 Å². The van der Waals surface area contributed by atoms with Crippen molar-refractivity contribution in [3.8, 4) is 0 Å². The van der Waals surface area contributed by atoms with Crippen molar-refractivity contribution in [3.05, 3.63) is 51.5 Å². The van der Waals surface area contributed by atoms with Gasteiger partial charge < -0.3 is 10.6 Å². The maximum absolute atomic E-state index is 4.73. The van der Waals surface area contributed by atoms with Gasteiger partial charge in [-0.2, -0.15) is 0 Å². The fourth-order valence-electron chi connectivity index (χ4n) is 2.40. The number of rotatable bonds is 7. The first-order valence-electron chi connectivity index (χ1n) is 8.58. The van der Waals surface area contributed by atoms with Crippen molar-refractivity contribution in [1.82, 2.24) is 15.6 Å². The highest BCUT2D eigenvalue weighted by Crippen LogP contribution is 2.16. The van der Waals surface area contributed by atoms with Gasteiger partial charge in [-0.1, -0.05) is 36.8 Å². The molecule has 0 spiro atoms. The average molecular weight is 472 g/mol. The topological polar surface area (TPSA) is 49.3 Å². The number of benzene rings is 1. The van der Waals surface area contributed by atoms with Gasteiger partial charge in [-0.15, -0.1) is 35.3 Å². The Bertz CT molecular complexity index is 652. The van der Waals surface area contributed by atoms with Gasteiger partial charge in [0.05, 0.1) is 10.7 Å². The first-order chi connectivity index (χ1) is 11.6. The summed E-state index contributed by atoms with van der Waals surface area (Å²) in [5.74, 6) is 1.28. The van der Waals surface area contributed by atoms with Crippen LogP contribution in [-0.4, -0.2) is 30.6 Å². The van der Waals surface area contributed by atoms with Crippen molar-refractivity contribution in [3.63, 3.8) is 0 Å². The Balaban J connectivity index is 0.00000312. The Morgan fingerprint density at radius 2 is 1.92 bits per heavy atom. The monoisotopic (exact) mass is 472 g/mol. The van der Waals surface area contributed by atoms with E-state index >= 15 is 0 Å². The molecule has 1 aromatic carbocycles. The van der Waals surface area contributed by atoms with E-state index in [2.05, 4.69) is 66.0 Å². The molecule has 1 heterocycles. The summed E-state index contributed by atoms with van der Waals surface area (Å²) in [7, 11) is 0. The van der Waals surface area contributed by atoms with Gasteiger partial charge in [0.25, 0.3) is 0 Å². The van der Waals surface area contributed by atoms with Gasteiger partial charge in [-0.05, 0) is 26.3 Å². The summed E-state index contributed by atoms with van der Waals surface area (Å²) in [6.45, 7) is 10.9. The molecule has 0 aliphatic rings. The molecule has 0 aliphatic heterocycles. The van der Waals surface area contributed by atoms with Gasteiger partial charge in [-0.3, -0.25) is 4.99 Å². The molecule has 138 valence electrons. The molecule has 2 rings (SSSR count). The van der Waals surface area contributed by atoms with Crippen molar-refractivity contribution >= 4 is 41.3 Å². The number of halogens is 1. The van der Waals surface area contributed by atoms with Crippen LogP contribution in [-0.2, 0) is 6.42 Å². The Kier molecular flexibility index (Phi) is 10.0. The van der Waals surface area contributed by atoms with Crippen LogP contribution in [0.2, 0.25) is 0 Å². The molecule has 0 saturated carbocycles. The normalized spacial score (nSPS) is 12.4. The van der Waals surface area contributed by atoms with Crippen LogP contribution >= 0.6 is 35.3 Å². The van der Waals surface area contributed by atoms with Crippen LogP contribution in [0.5, 0.6) is 0 Å². The third-order valence-corrected chi connectivity index (χ3v) is 4.68. The molecule has 0 saturated heterocycles. The van der Waals surface area contributed by atoms with E-state index in [0.29, 0.717) is 5.92 Å². The van der Waals surface area contributed by atoms with Gasteiger partial charge in [0.15, 0.2) is 5.96 Å². The summed E-state index contributed by atoms with van der Waals surface area (Å²) in [5, 5.41) is 9.96. The van der Waals surface area contributed by atoms with Crippen LogP contribution in [0.25, 0.3) is 0 Å². The number of nitrogens with one attached hydrogen (secondary N) is 2. The first-order valence-corrected chi connectivity index (χ1v) is 9.46. The fourth-order valence-corrected chi connectivity index (χ4v) is 3.05. The van der Waals surface area contributed by atoms with Crippen molar-refractivity contribution in [2.24, 2.45) is 4.99 Å². The van der Waals surface area contributed by atoms with E-state index in [4.69, 9.17) is 4.99 Å². The maximum Gasteiger partial charge on any atom is 0.191 e. The second kappa shape index (κ2) is 11.5. The highest BCUT2D eigenvalue weighted by molar-refractivity contribution is 14.0. The molecule has 2 N–H and O–H groups in total. The zero-order chi connectivity index (χ0) is 17.4. The Hall–Kier alpha value is -1.15. The molecule has 6 heteroatoms. The van der Waals surface area contributed by atoms with E-state index in [1.54, 1.807) is 11.3 Å². The Morgan fingerprint density at radius 3 is 2.52 bits per heavy atom. The summed E-state index contributed by atoms with van der Waals surface area (Å²) in [6, 6.07) is 8.71. The molecular weight excluding hydrogens is 443 g/mol. The minimum atomic E-state index is 0. The van der Waals surface area contributed by atoms with Crippen molar-refractivity contribution < 1.29 is 0 Å². The van der Waals surface area contributed by atoms with Gasteiger partial charge in [-0.25, -0.2) is 4.98 Å². The standard InChI is InChI=1S/C19H28N4S.HI/c1-5-20-19(21-11-10-18-13-24-16(4)23-18)22-12-15(3)17-8-6-14(2)7-9-17;/h6-9,13,15H,5,10-12H2,1-4H3,(H2,20,21,22);1H. The Morgan fingerprint density at radius 1 is 1.20 bits per heavy atom. The van der Waals surface area contributed by atoms with Crippen LogP contribution in [0.3, 0.4) is 0 Å². The summed E-state index contributed by atoms with van der Waals surface area (Å²) >= 11 is 1.70. The second-order valence-corrected chi connectivity index (χ2v) is 7.13. The highest BCUT2D eigenvalue weighted by atomic mass is 127. The molecule has 1 aromatic heterocycles. The van der Waals surface area contributed by atoms with Crippen molar-refractivity contribution in [2.75, 3.05) is 19.6 Å². The van der Waals surface area contributed by atoms with Crippen molar-refractivity contribution in [2.45, 2.75) is 40.0 Å². The molecule has 0 fully saturated rings. The summed E-state index contributed by atoms with van der Waals surface area (Å²) in [5.41, 5.74) is 3.77. The molecule has 0 radical (unpaired) electrons. The predicted octanol–water partition coefficient (Wildman–Crippen LogP) is 4.28. The molecule has 25 heavy (non-hydrogen) atoms. The second-order valence-electron chi connectivity index (χ2n) is 6.07. The minimum absolute atomic E-state index is 0. The number of hydrogen-bond donors (Lipinski definition) is 2. The average Bonchev–Trinajstić information content (AvgIpc) is 2.98. The zero-order valence-electron chi connectivity index (χ0n) is 15.5. The molecule has 0 amide bonds. The SMILES string of the molecule is CCNC(=NCC(C)c1ccc(C)cc1)NCCc1csc(C)n1.I. The number of aliphatic imine (C=N–C) groups is 1. The van der Waals surface area contributed by atoms with Crippen LogP contribution in [0.4, 0.5) is 0 Å². The van der Waals surface area contributed by atoms with Gasteiger partial charge in [0.1, 0.15) is 0 Å². The maximum atomic E-state index is 4.73. The van der Waals surface area contributed by atoms with Crippen molar-refractivity contribution in [1.29, 1.82) is 0 Å². The molecule has 1 atom stereocenters. The van der Waals surface area contributed by atoms with Crippen LogP contribution < -0.4 is 10.6 Å². The lowest BCUT2D eigenvalue weighted by Crippen LogP contribution is -2.38. The van der Waals surface area contributed by atoms with E-state index in [0.717, 1.165) is 42.7 Å². The molecule has 2 aromatic rings. The molecular formula is C19H29IN4S. The number of guanidine groups is 1. The summed E-state index contributed by atoms with van der Waals surface area (Å²) < 4.78 is 0. The van der Waals surface area contributed by atoms with Gasteiger partial charge >= 0.3 is 0 Å². The largest absolute Gasteiger partial charge is 0.357 e. The summed E-state index contributed by atoms with van der Waals surface area (Å²) in [4.78, 5) is 9.22. The zero-order valence-corrected chi connectivity index (χ0v) is 18.7. The lowest BCUT2D eigenvalue weighted by Gasteiger charge is -2.13. The summed E-state index contributed by atoms with van der Waals surface area (Å²) in [6.07, 6.45) is 0.919. The Labute approximate surface area is 172 Å². The first kappa shape index (κ1) is 21.9. The minimum Gasteiger partial charge on any atom is -0.357 e. The third-order valence-electron chi connectivity index (χ3n) is 3.85. The third kappa shape index (κ3) is 7.73. The number of thiazole rings is 1. The quantitative estimate of drug-likeness (QED) is 0.359. The van der Waals surface area contributed by atoms with E-state index in [9.17, 15) is 0 Å². The number of aryl methyl sites for hydroxylation is 2. The molecule has 1 unspecified atom stereocenters. The van der Waals surface area contributed by atoms with E-state index in [1.165, 1.54) is 11.1 Å². The van der Waals surface area contributed by atoms with Gasteiger partial charge in [0.2, 0.25) is 0 Å². The van der Waals surface area contributed by atoms with Crippen LogP contribution in [0.15, 0.2) is 34.6 Å². The van der Waals surface area contributed by atoms with Crippen LogP contribution in [0.1, 0.15) is 41.6 Å². The fraction of sp³-hybridized carbons (Fsp3) is 0.474. The molecule has 4 nitrogen and oxygen atoms in total. The lowest BCUT2D eigenvalue weighted by molar-refractivity contribution is 0.743. The number of aromatic nitrogens is 1. The number of hydrogen-bond acceptors (Lipinski definition) is 3. The molecule has 0 bridgehead atoms. The number of nitrogens with zero attached hydrogens (tertiary/aromatic N) is 2. The highest BCUT2D eigenvalue weighted by Gasteiger charge is 2.06.